The Hall–Kier alpha value is -1.58. The molecule has 0 spiro atoms. The van der Waals surface area contributed by atoms with Crippen LogP contribution in [0.2, 0.25) is 0 Å². The standard InChI is InChI=1S/C17H22N2O.ClH/c1-13(17(20)19(3)11-10-18-2)15-9-8-14-6-4-5-7-16(14)12-15;/h4-9,12-13,18H,10-11H2,1-3H3;1H. The van der Waals surface area contributed by atoms with E-state index in [0.29, 0.717) is 0 Å². The van der Waals surface area contributed by atoms with E-state index in [1.54, 1.807) is 4.90 Å². The van der Waals surface area contributed by atoms with Crippen LogP contribution in [0.3, 0.4) is 0 Å². The van der Waals surface area contributed by atoms with Gasteiger partial charge in [-0.3, -0.25) is 4.79 Å². The molecule has 0 aliphatic rings. The van der Waals surface area contributed by atoms with E-state index in [1.807, 2.05) is 33.2 Å². The number of likely N-dealkylation sites (N-methyl/N-ethyl adjacent to an activating group) is 2. The van der Waals surface area contributed by atoms with Gasteiger partial charge in [0.1, 0.15) is 0 Å². The number of nitrogens with zero attached hydrogens (tertiary/aromatic N) is 1. The molecule has 0 saturated carbocycles. The number of carbonyl (C=O) groups excluding carboxylic acids is 1. The first-order valence-electron chi connectivity index (χ1n) is 7.01. The van der Waals surface area contributed by atoms with Crippen molar-refractivity contribution < 1.29 is 4.79 Å². The van der Waals surface area contributed by atoms with Gasteiger partial charge in [-0.15, -0.1) is 12.4 Å². The molecule has 1 unspecified atom stereocenters. The zero-order chi connectivity index (χ0) is 14.5. The number of halogens is 1. The highest BCUT2D eigenvalue weighted by molar-refractivity contribution is 5.87. The lowest BCUT2D eigenvalue weighted by molar-refractivity contribution is -0.131. The first-order chi connectivity index (χ1) is 9.63. The SMILES string of the molecule is CNCCN(C)C(=O)C(C)c1ccc2ccccc2c1.Cl. The second-order valence-electron chi connectivity index (χ2n) is 5.19. The van der Waals surface area contributed by atoms with Crippen LogP contribution in [-0.4, -0.2) is 38.0 Å². The minimum atomic E-state index is -0.110. The maximum atomic E-state index is 12.4. The van der Waals surface area contributed by atoms with Gasteiger partial charge in [0.05, 0.1) is 5.92 Å². The smallest absolute Gasteiger partial charge is 0.229 e. The van der Waals surface area contributed by atoms with Crippen molar-refractivity contribution in [1.29, 1.82) is 0 Å². The molecule has 0 heterocycles. The molecule has 1 amide bonds. The van der Waals surface area contributed by atoms with Crippen molar-refractivity contribution in [3.05, 3.63) is 48.0 Å². The van der Waals surface area contributed by atoms with E-state index in [0.717, 1.165) is 18.7 Å². The van der Waals surface area contributed by atoms with Crippen LogP contribution in [0.4, 0.5) is 0 Å². The largest absolute Gasteiger partial charge is 0.344 e. The van der Waals surface area contributed by atoms with E-state index in [-0.39, 0.29) is 24.2 Å². The van der Waals surface area contributed by atoms with Gasteiger partial charge in [0, 0.05) is 20.1 Å². The number of carbonyl (C=O) groups is 1. The molecular weight excluding hydrogens is 284 g/mol. The maximum absolute atomic E-state index is 12.4. The van der Waals surface area contributed by atoms with Crippen LogP contribution < -0.4 is 5.32 Å². The van der Waals surface area contributed by atoms with Crippen molar-refractivity contribution in [3.8, 4) is 0 Å². The third-order valence-electron chi connectivity index (χ3n) is 3.72. The Labute approximate surface area is 132 Å². The van der Waals surface area contributed by atoms with Crippen LogP contribution in [0.25, 0.3) is 10.8 Å². The summed E-state index contributed by atoms with van der Waals surface area (Å²) < 4.78 is 0. The molecule has 4 heteroatoms. The Morgan fingerprint density at radius 3 is 2.52 bits per heavy atom. The predicted molar refractivity (Wildman–Crippen MR) is 91.2 cm³/mol. The third kappa shape index (κ3) is 4.19. The molecule has 0 bridgehead atoms. The van der Waals surface area contributed by atoms with Crippen LogP contribution in [0.1, 0.15) is 18.4 Å². The van der Waals surface area contributed by atoms with Crippen molar-refractivity contribution in [2.45, 2.75) is 12.8 Å². The van der Waals surface area contributed by atoms with Crippen LogP contribution in [-0.2, 0) is 4.79 Å². The lowest BCUT2D eigenvalue weighted by Gasteiger charge is -2.21. The quantitative estimate of drug-likeness (QED) is 0.921. The van der Waals surface area contributed by atoms with Crippen molar-refractivity contribution in [2.24, 2.45) is 0 Å². The normalized spacial score (nSPS) is 11.8. The van der Waals surface area contributed by atoms with E-state index in [1.165, 1.54) is 10.8 Å². The van der Waals surface area contributed by atoms with Gasteiger partial charge in [-0.2, -0.15) is 0 Å². The van der Waals surface area contributed by atoms with Gasteiger partial charge in [-0.25, -0.2) is 0 Å². The number of amides is 1. The summed E-state index contributed by atoms with van der Waals surface area (Å²) in [5, 5.41) is 5.45. The van der Waals surface area contributed by atoms with Gasteiger partial charge >= 0.3 is 0 Å². The average molecular weight is 307 g/mol. The fourth-order valence-corrected chi connectivity index (χ4v) is 2.34. The summed E-state index contributed by atoms with van der Waals surface area (Å²) in [5.41, 5.74) is 1.07. The Morgan fingerprint density at radius 1 is 1.19 bits per heavy atom. The summed E-state index contributed by atoms with van der Waals surface area (Å²) in [4.78, 5) is 14.2. The first-order valence-corrected chi connectivity index (χ1v) is 7.01. The van der Waals surface area contributed by atoms with E-state index < -0.39 is 0 Å². The zero-order valence-electron chi connectivity index (χ0n) is 12.8. The predicted octanol–water partition coefficient (Wildman–Crippen LogP) is 3.04. The summed E-state index contributed by atoms with van der Waals surface area (Å²) in [5.74, 6) is 0.0528. The summed E-state index contributed by atoms with van der Waals surface area (Å²) in [6, 6.07) is 14.5. The molecule has 0 aromatic heterocycles. The van der Waals surface area contributed by atoms with Gasteiger partial charge in [0.2, 0.25) is 5.91 Å². The summed E-state index contributed by atoms with van der Waals surface area (Å²) in [6.07, 6.45) is 0. The van der Waals surface area contributed by atoms with Gasteiger partial charge in [0.25, 0.3) is 0 Å². The van der Waals surface area contributed by atoms with Crippen molar-refractivity contribution in [3.63, 3.8) is 0 Å². The van der Waals surface area contributed by atoms with Gasteiger partial charge in [-0.1, -0.05) is 42.5 Å². The summed E-state index contributed by atoms with van der Waals surface area (Å²) in [7, 11) is 3.75. The van der Waals surface area contributed by atoms with Gasteiger partial charge < -0.3 is 10.2 Å². The molecule has 0 aliphatic heterocycles. The summed E-state index contributed by atoms with van der Waals surface area (Å²) >= 11 is 0. The number of hydrogen-bond acceptors (Lipinski definition) is 2. The molecule has 1 atom stereocenters. The van der Waals surface area contributed by atoms with Gasteiger partial charge in [-0.05, 0) is 30.3 Å². The molecule has 0 fully saturated rings. The third-order valence-corrected chi connectivity index (χ3v) is 3.72. The molecule has 114 valence electrons. The fraction of sp³-hybridized carbons (Fsp3) is 0.353. The molecule has 2 aromatic rings. The minimum Gasteiger partial charge on any atom is -0.344 e. The molecule has 2 aromatic carbocycles. The van der Waals surface area contributed by atoms with E-state index in [9.17, 15) is 4.79 Å². The average Bonchev–Trinajstić information content (AvgIpc) is 2.50. The van der Waals surface area contributed by atoms with E-state index in [4.69, 9.17) is 0 Å². The maximum Gasteiger partial charge on any atom is 0.229 e. The second kappa shape index (κ2) is 8.01. The topological polar surface area (TPSA) is 32.3 Å². The molecule has 0 aliphatic carbocycles. The molecule has 2 rings (SSSR count). The highest BCUT2D eigenvalue weighted by Crippen LogP contribution is 2.22. The van der Waals surface area contributed by atoms with Gasteiger partial charge in [0.15, 0.2) is 0 Å². The molecular formula is C17H23ClN2O. The van der Waals surface area contributed by atoms with Crippen LogP contribution in [0, 0.1) is 0 Å². The monoisotopic (exact) mass is 306 g/mol. The van der Waals surface area contributed by atoms with Crippen molar-refractivity contribution in [2.75, 3.05) is 27.2 Å². The minimum absolute atomic E-state index is 0. The lowest BCUT2D eigenvalue weighted by atomic mass is 9.96. The van der Waals surface area contributed by atoms with E-state index >= 15 is 0 Å². The molecule has 3 nitrogen and oxygen atoms in total. The van der Waals surface area contributed by atoms with E-state index in [2.05, 4.69) is 35.6 Å². The highest BCUT2D eigenvalue weighted by Gasteiger charge is 2.19. The molecule has 1 N–H and O–H groups in total. The van der Waals surface area contributed by atoms with Crippen molar-refractivity contribution in [1.82, 2.24) is 10.2 Å². The molecule has 0 radical (unpaired) electrons. The Bertz CT molecular complexity index is 600. The lowest BCUT2D eigenvalue weighted by Crippen LogP contribution is -2.35. The summed E-state index contributed by atoms with van der Waals surface area (Å²) in [6.45, 7) is 3.52. The fourth-order valence-electron chi connectivity index (χ4n) is 2.34. The Morgan fingerprint density at radius 2 is 1.86 bits per heavy atom. The number of hydrogen-bond donors (Lipinski definition) is 1. The number of benzene rings is 2. The van der Waals surface area contributed by atoms with Crippen LogP contribution >= 0.6 is 12.4 Å². The van der Waals surface area contributed by atoms with Crippen LogP contribution in [0.5, 0.6) is 0 Å². The zero-order valence-corrected chi connectivity index (χ0v) is 13.6. The van der Waals surface area contributed by atoms with Crippen molar-refractivity contribution >= 4 is 29.1 Å². The van der Waals surface area contributed by atoms with Crippen LogP contribution in [0.15, 0.2) is 42.5 Å². The Balaban J connectivity index is 0.00000220. The molecule has 21 heavy (non-hydrogen) atoms. The first kappa shape index (κ1) is 17.5. The second-order valence-corrected chi connectivity index (χ2v) is 5.19. The molecule has 0 saturated heterocycles. The Kier molecular flexibility index (Phi) is 6.66. The number of nitrogens with one attached hydrogen (secondary N) is 1. The number of rotatable bonds is 5. The number of fused-ring (bicyclic) bond motifs is 1. The highest BCUT2D eigenvalue weighted by atomic mass is 35.5.